The molecule has 0 radical (unpaired) electrons. The Hall–Kier alpha value is -1.03. The molecule has 0 spiro atoms. The molecule has 1 aromatic heterocycles. The van der Waals surface area contributed by atoms with E-state index in [0.717, 1.165) is 42.9 Å². The highest BCUT2D eigenvalue weighted by Gasteiger charge is 2.20. The van der Waals surface area contributed by atoms with E-state index >= 15 is 0 Å². The van der Waals surface area contributed by atoms with Crippen LogP contribution in [0.25, 0.3) is 11.3 Å². The van der Waals surface area contributed by atoms with Gasteiger partial charge in [0.05, 0.1) is 5.02 Å². The van der Waals surface area contributed by atoms with Gasteiger partial charge in [-0.05, 0) is 44.1 Å². The number of hydrogen-bond donors (Lipinski definition) is 1. The summed E-state index contributed by atoms with van der Waals surface area (Å²) in [5.74, 6) is 1.40. The number of rotatable bonds is 2. The third kappa shape index (κ3) is 2.78. The highest BCUT2D eigenvalue weighted by molar-refractivity contribution is 6.36. The van der Waals surface area contributed by atoms with Crippen molar-refractivity contribution in [2.24, 2.45) is 0 Å². The van der Waals surface area contributed by atoms with E-state index in [2.05, 4.69) is 10.5 Å². The predicted octanol–water partition coefficient (Wildman–Crippen LogP) is 4.12. The van der Waals surface area contributed by atoms with Crippen LogP contribution < -0.4 is 5.32 Å². The molecular weight excluding hydrogens is 283 g/mol. The molecule has 3 nitrogen and oxygen atoms in total. The summed E-state index contributed by atoms with van der Waals surface area (Å²) in [5, 5.41) is 8.69. The first-order valence-corrected chi connectivity index (χ1v) is 7.12. The molecule has 1 aliphatic rings. The van der Waals surface area contributed by atoms with Gasteiger partial charge in [0.25, 0.3) is 0 Å². The van der Waals surface area contributed by atoms with Crippen molar-refractivity contribution >= 4 is 23.2 Å². The van der Waals surface area contributed by atoms with Crippen molar-refractivity contribution in [2.45, 2.75) is 18.8 Å². The smallest absolute Gasteiger partial charge is 0.140 e. The van der Waals surface area contributed by atoms with Crippen LogP contribution in [0.3, 0.4) is 0 Å². The van der Waals surface area contributed by atoms with Gasteiger partial charge in [0.1, 0.15) is 11.5 Å². The van der Waals surface area contributed by atoms with Crippen LogP contribution >= 0.6 is 23.2 Å². The molecule has 0 saturated carbocycles. The first kappa shape index (κ1) is 13.0. The first-order chi connectivity index (χ1) is 9.24. The van der Waals surface area contributed by atoms with Gasteiger partial charge in [-0.3, -0.25) is 0 Å². The molecule has 19 heavy (non-hydrogen) atoms. The predicted molar refractivity (Wildman–Crippen MR) is 76.8 cm³/mol. The third-order valence-electron chi connectivity index (χ3n) is 3.48. The number of nitrogens with zero attached hydrogens (tertiary/aromatic N) is 1. The van der Waals surface area contributed by atoms with E-state index < -0.39 is 0 Å². The van der Waals surface area contributed by atoms with Gasteiger partial charge in [-0.2, -0.15) is 0 Å². The molecule has 3 rings (SSSR count). The summed E-state index contributed by atoms with van der Waals surface area (Å²) in [4.78, 5) is 0. The van der Waals surface area contributed by atoms with Gasteiger partial charge in [-0.15, -0.1) is 0 Å². The highest BCUT2D eigenvalue weighted by atomic mass is 35.5. The molecule has 2 heterocycles. The molecule has 100 valence electrons. The maximum atomic E-state index is 6.18. The molecule has 5 heteroatoms. The Balaban J connectivity index is 1.87. The van der Waals surface area contributed by atoms with E-state index in [1.807, 2.05) is 18.2 Å². The van der Waals surface area contributed by atoms with Crippen molar-refractivity contribution in [3.05, 3.63) is 40.1 Å². The second kappa shape index (κ2) is 5.53. The van der Waals surface area contributed by atoms with Crippen molar-refractivity contribution in [3.8, 4) is 11.3 Å². The monoisotopic (exact) mass is 296 g/mol. The topological polar surface area (TPSA) is 38.1 Å². The molecular formula is C14H14Cl2N2O. The molecule has 0 aliphatic carbocycles. The number of benzene rings is 1. The average molecular weight is 297 g/mol. The maximum absolute atomic E-state index is 6.18. The summed E-state index contributed by atoms with van der Waals surface area (Å²) < 4.78 is 5.47. The quantitative estimate of drug-likeness (QED) is 0.906. The minimum Gasteiger partial charge on any atom is -0.360 e. The Morgan fingerprint density at radius 2 is 1.95 bits per heavy atom. The van der Waals surface area contributed by atoms with Crippen LogP contribution in [-0.4, -0.2) is 18.2 Å². The van der Waals surface area contributed by atoms with Gasteiger partial charge in [0.2, 0.25) is 0 Å². The molecule has 1 saturated heterocycles. The van der Waals surface area contributed by atoms with Crippen LogP contribution in [-0.2, 0) is 0 Å². The molecule has 1 fully saturated rings. The van der Waals surface area contributed by atoms with Crippen molar-refractivity contribution in [1.29, 1.82) is 0 Å². The van der Waals surface area contributed by atoms with Crippen LogP contribution in [0.4, 0.5) is 0 Å². The Kier molecular flexibility index (Phi) is 3.78. The van der Waals surface area contributed by atoms with E-state index in [1.165, 1.54) is 0 Å². The zero-order valence-electron chi connectivity index (χ0n) is 10.3. The Morgan fingerprint density at radius 3 is 2.68 bits per heavy atom. The van der Waals surface area contributed by atoms with Crippen LogP contribution in [0.15, 0.2) is 28.8 Å². The van der Waals surface area contributed by atoms with E-state index in [1.54, 1.807) is 6.07 Å². The minimum atomic E-state index is 0.452. The molecule has 0 amide bonds. The largest absolute Gasteiger partial charge is 0.360 e. The second-order valence-electron chi connectivity index (χ2n) is 4.76. The minimum absolute atomic E-state index is 0.452. The Morgan fingerprint density at radius 1 is 1.16 bits per heavy atom. The summed E-state index contributed by atoms with van der Waals surface area (Å²) >= 11 is 12.1. The Labute approximate surface area is 121 Å². The second-order valence-corrected chi connectivity index (χ2v) is 5.61. The molecule has 1 aromatic carbocycles. The average Bonchev–Trinajstić information content (AvgIpc) is 2.89. The first-order valence-electron chi connectivity index (χ1n) is 6.37. The van der Waals surface area contributed by atoms with Crippen LogP contribution in [0.2, 0.25) is 10.0 Å². The summed E-state index contributed by atoms with van der Waals surface area (Å²) in [6, 6.07) is 7.39. The van der Waals surface area contributed by atoms with E-state index in [9.17, 15) is 0 Å². The number of aromatic nitrogens is 1. The van der Waals surface area contributed by atoms with E-state index in [-0.39, 0.29) is 0 Å². The summed E-state index contributed by atoms with van der Waals surface area (Å²) in [6.07, 6.45) is 2.17. The van der Waals surface area contributed by atoms with Crippen molar-refractivity contribution in [2.75, 3.05) is 13.1 Å². The molecule has 1 N–H and O–H groups in total. The summed E-state index contributed by atoms with van der Waals surface area (Å²) in [7, 11) is 0. The van der Waals surface area contributed by atoms with E-state index in [4.69, 9.17) is 27.7 Å². The van der Waals surface area contributed by atoms with Gasteiger partial charge in [0.15, 0.2) is 0 Å². The molecule has 2 aromatic rings. The number of hydrogen-bond acceptors (Lipinski definition) is 3. The van der Waals surface area contributed by atoms with Crippen molar-refractivity contribution in [1.82, 2.24) is 10.5 Å². The number of piperidine rings is 1. The van der Waals surface area contributed by atoms with Crippen LogP contribution in [0, 0.1) is 0 Å². The fraction of sp³-hybridized carbons (Fsp3) is 0.357. The van der Waals surface area contributed by atoms with E-state index in [0.29, 0.717) is 16.0 Å². The standard InChI is InChI=1S/C14H14Cl2N2O/c15-10-1-2-11(12(16)7-10)13-8-14(19-18-13)9-3-5-17-6-4-9/h1-2,7-9,17H,3-6H2. The summed E-state index contributed by atoms with van der Waals surface area (Å²) in [6.45, 7) is 2.06. The third-order valence-corrected chi connectivity index (χ3v) is 4.02. The maximum Gasteiger partial charge on any atom is 0.140 e. The van der Waals surface area contributed by atoms with Crippen molar-refractivity contribution < 1.29 is 4.52 Å². The molecule has 0 atom stereocenters. The number of halogens is 2. The van der Waals surface area contributed by atoms with Crippen LogP contribution in [0.1, 0.15) is 24.5 Å². The van der Waals surface area contributed by atoms with Gasteiger partial charge in [-0.25, -0.2) is 0 Å². The van der Waals surface area contributed by atoms with Crippen LogP contribution in [0.5, 0.6) is 0 Å². The SMILES string of the molecule is Clc1ccc(-c2cc(C3CCNCC3)on2)c(Cl)c1. The lowest BCUT2D eigenvalue weighted by Crippen LogP contribution is -2.26. The van der Waals surface area contributed by atoms with Gasteiger partial charge >= 0.3 is 0 Å². The molecule has 0 unspecified atom stereocenters. The van der Waals surface area contributed by atoms with Gasteiger partial charge in [-0.1, -0.05) is 28.4 Å². The highest BCUT2D eigenvalue weighted by Crippen LogP contribution is 2.33. The Bertz CT molecular complexity index is 577. The zero-order valence-corrected chi connectivity index (χ0v) is 11.8. The van der Waals surface area contributed by atoms with Crippen molar-refractivity contribution in [3.63, 3.8) is 0 Å². The lowest BCUT2D eigenvalue weighted by molar-refractivity contribution is 0.329. The van der Waals surface area contributed by atoms with Gasteiger partial charge in [0, 0.05) is 22.6 Å². The molecule has 0 bridgehead atoms. The normalized spacial score (nSPS) is 16.7. The number of nitrogens with one attached hydrogen (secondary N) is 1. The lowest BCUT2D eigenvalue weighted by atomic mass is 9.95. The summed E-state index contributed by atoms with van der Waals surface area (Å²) in [5.41, 5.74) is 1.63. The molecule has 1 aliphatic heterocycles. The fourth-order valence-electron chi connectivity index (χ4n) is 2.41. The zero-order chi connectivity index (χ0) is 13.2. The lowest BCUT2D eigenvalue weighted by Gasteiger charge is -2.19. The fourth-order valence-corrected chi connectivity index (χ4v) is 2.92. The van der Waals surface area contributed by atoms with Gasteiger partial charge < -0.3 is 9.84 Å².